The number of ether oxygens (including phenoxy) is 2. The predicted octanol–water partition coefficient (Wildman–Crippen LogP) is 1.49. The first-order chi connectivity index (χ1) is 7.68. The van der Waals surface area contributed by atoms with Crippen LogP contribution in [0, 0.1) is 0 Å². The Bertz CT molecular complexity index is 232. The van der Waals surface area contributed by atoms with Gasteiger partial charge in [-0.1, -0.05) is 6.92 Å². The topological polar surface area (TPSA) is 47.6 Å². The van der Waals surface area contributed by atoms with Crippen molar-refractivity contribution in [3.8, 4) is 0 Å². The van der Waals surface area contributed by atoms with Crippen LogP contribution in [-0.4, -0.2) is 37.4 Å². The number of nitrogens with one attached hydrogen (secondary N) is 1. The van der Waals surface area contributed by atoms with E-state index in [0.29, 0.717) is 13.2 Å². The van der Waals surface area contributed by atoms with Crippen molar-refractivity contribution in [2.75, 3.05) is 19.8 Å². The maximum atomic E-state index is 12.0. The molecule has 1 saturated carbocycles. The molecule has 0 aromatic heterocycles. The van der Waals surface area contributed by atoms with E-state index < -0.39 is 5.54 Å². The Labute approximate surface area is 97.7 Å². The van der Waals surface area contributed by atoms with Gasteiger partial charge in [-0.25, -0.2) is 0 Å². The summed E-state index contributed by atoms with van der Waals surface area (Å²) in [5, 5.41) is 3.28. The zero-order chi connectivity index (χ0) is 12.0. The van der Waals surface area contributed by atoms with Gasteiger partial charge in [0.2, 0.25) is 0 Å². The van der Waals surface area contributed by atoms with Gasteiger partial charge in [0.05, 0.1) is 12.7 Å². The SMILES string of the molecule is CCNC1(C(=O)OCC)CCC(OCC)C1. The lowest BCUT2D eigenvalue weighted by atomic mass is 9.97. The van der Waals surface area contributed by atoms with Crippen LogP contribution >= 0.6 is 0 Å². The molecule has 4 heteroatoms. The summed E-state index contributed by atoms with van der Waals surface area (Å²) in [6.07, 6.45) is 2.66. The van der Waals surface area contributed by atoms with Gasteiger partial charge in [-0.2, -0.15) is 0 Å². The van der Waals surface area contributed by atoms with E-state index in [-0.39, 0.29) is 12.1 Å². The number of rotatable bonds is 6. The van der Waals surface area contributed by atoms with E-state index in [1.54, 1.807) is 0 Å². The van der Waals surface area contributed by atoms with Gasteiger partial charge in [-0.15, -0.1) is 0 Å². The lowest BCUT2D eigenvalue weighted by Gasteiger charge is -2.27. The number of carbonyl (C=O) groups is 1. The molecule has 1 fully saturated rings. The van der Waals surface area contributed by atoms with Gasteiger partial charge >= 0.3 is 5.97 Å². The van der Waals surface area contributed by atoms with Gasteiger partial charge < -0.3 is 14.8 Å². The van der Waals surface area contributed by atoms with E-state index in [4.69, 9.17) is 9.47 Å². The molecular weight excluding hydrogens is 206 g/mol. The number of likely N-dealkylation sites (N-methyl/N-ethyl adjacent to an activating group) is 1. The van der Waals surface area contributed by atoms with Crippen LogP contribution in [0.2, 0.25) is 0 Å². The highest BCUT2D eigenvalue weighted by Crippen LogP contribution is 2.33. The summed E-state index contributed by atoms with van der Waals surface area (Å²) < 4.78 is 10.7. The summed E-state index contributed by atoms with van der Waals surface area (Å²) in [7, 11) is 0. The molecule has 0 amide bonds. The molecule has 1 rings (SSSR count). The Morgan fingerprint density at radius 1 is 1.38 bits per heavy atom. The van der Waals surface area contributed by atoms with Gasteiger partial charge in [0.25, 0.3) is 0 Å². The summed E-state index contributed by atoms with van der Waals surface area (Å²) in [4.78, 5) is 12.0. The Balaban J connectivity index is 2.64. The van der Waals surface area contributed by atoms with Crippen LogP contribution in [0.25, 0.3) is 0 Å². The second-order valence-corrected chi connectivity index (χ2v) is 4.15. The smallest absolute Gasteiger partial charge is 0.326 e. The standard InChI is InChI=1S/C12H23NO3/c1-4-13-12(11(14)16-6-3)8-7-10(9-12)15-5-2/h10,13H,4-9H2,1-3H3. The fraction of sp³-hybridized carbons (Fsp3) is 0.917. The minimum atomic E-state index is -0.509. The first-order valence-electron chi connectivity index (χ1n) is 6.22. The van der Waals surface area contributed by atoms with Gasteiger partial charge in [0.15, 0.2) is 0 Å². The Morgan fingerprint density at radius 2 is 2.12 bits per heavy atom. The van der Waals surface area contributed by atoms with Crippen LogP contribution in [0.1, 0.15) is 40.0 Å². The molecule has 0 heterocycles. The summed E-state index contributed by atoms with van der Waals surface area (Å²) in [6.45, 7) is 7.75. The van der Waals surface area contributed by atoms with Crippen molar-refractivity contribution in [3.63, 3.8) is 0 Å². The van der Waals surface area contributed by atoms with Gasteiger partial charge in [0.1, 0.15) is 5.54 Å². The van der Waals surface area contributed by atoms with Crippen molar-refractivity contribution in [2.24, 2.45) is 0 Å². The maximum Gasteiger partial charge on any atom is 0.326 e. The minimum absolute atomic E-state index is 0.126. The molecule has 0 aliphatic heterocycles. The molecule has 0 radical (unpaired) electrons. The number of hydrogen-bond donors (Lipinski definition) is 1. The number of carbonyl (C=O) groups excluding carboxylic acids is 1. The van der Waals surface area contributed by atoms with E-state index in [2.05, 4.69) is 5.32 Å². The molecular formula is C12H23NO3. The van der Waals surface area contributed by atoms with E-state index in [0.717, 1.165) is 25.8 Å². The van der Waals surface area contributed by atoms with Crippen LogP contribution in [0.3, 0.4) is 0 Å². The molecule has 0 aromatic carbocycles. The van der Waals surface area contributed by atoms with Crippen LogP contribution in [-0.2, 0) is 14.3 Å². The second kappa shape index (κ2) is 6.21. The molecule has 2 atom stereocenters. The van der Waals surface area contributed by atoms with Gasteiger partial charge in [-0.3, -0.25) is 4.79 Å². The molecule has 2 unspecified atom stereocenters. The van der Waals surface area contributed by atoms with Crippen LogP contribution in [0.5, 0.6) is 0 Å². The van der Waals surface area contributed by atoms with Crippen LogP contribution in [0.15, 0.2) is 0 Å². The molecule has 1 N–H and O–H groups in total. The predicted molar refractivity (Wildman–Crippen MR) is 62.3 cm³/mol. The van der Waals surface area contributed by atoms with Crippen molar-refractivity contribution in [1.29, 1.82) is 0 Å². The average molecular weight is 229 g/mol. The first-order valence-corrected chi connectivity index (χ1v) is 6.22. The van der Waals surface area contributed by atoms with Crippen molar-refractivity contribution < 1.29 is 14.3 Å². The highest BCUT2D eigenvalue weighted by atomic mass is 16.5. The Hall–Kier alpha value is -0.610. The molecule has 0 saturated heterocycles. The summed E-state index contributed by atoms with van der Waals surface area (Å²) in [6, 6.07) is 0. The lowest BCUT2D eigenvalue weighted by molar-refractivity contribution is -0.151. The van der Waals surface area contributed by atoms with E-state index in [1.807, 2.05) is 20.8 Å². The van der Waals surface area contributed by atoms with E-state index in [9.17, 15) is 4.79 Å². The van der Waals surface area contributed by atoms with Crippen molar-refractivity contribution in [2.45, 2.75) is 51.7 Å². The molecule has 1 aliphatic carbocycles. The van der Waals surface area contributed by atoms with Crippen LogP contribution in [0.4, 0.5) is 0 Å². The van der Waals surface area contributed by atoms with Crippen molar-refractivity contribution in [3.05, 3.63) is 0 Å². The molecule has 1 aliphatic rings. The molecule has 16 heavy (non-hydrogen) atoms. The third-order valence-electron chi connectivity index (χ3n) is 3.05. The third kappa shape index (κ3) is 2.95. The molecule has 0 aromatic rings. The minimum Gasteiger partial charge on any atom is -0.465 e. The fourth-order valence-electron chi connectivity index (χ4n) is 2.40. The maximum absolute atomic E-state index is 12.0. The second-order valence-electron chi connectivity index (χ2n) is 4.15. The third-order valence-corrected chi connectivity index (χ3v) is 3.05. The van der Waals surface area contributed by atoms with Crippen molar-refractivity contribution in [1.82, 2.24) is 5.32 Å². The summed E-state index contributed by atoms with van der Waals surface area (Å²) >= 11 is 0. The zero-order valence-electron chi connectivity index (χ0n) is 10.5. The van der Waals surface area contributed by atoms with Gasteiger partial charge in [-0.05, 0) is 33.2 Å². The Kier molecular flexibility index (Phi) is 5.22. The highest BCUT2D eigenvalue weighted by molar-refractivity contribution is 5.81. The lowest BCUT2D eigenvalue weighted by Crippen LogP contribution is -2.51. The summed E-state index contributed by atoms with van der Waals surface area (Å²) in [5.41, 5.74) is -0.509. The van der Waals surface area contributed by atoms with E-state index in [1.165, 1.54) is 0 Å². The number of hydrogen-bond acceptors (Lipinski definition) is 4. The quantitative estimate of drug-likeness (QED) is 0.701. The number of esters is 1. The Morgan fingerprint density at radius 3 is 2.69 bits per heavy atom. The molecule has 0 spiro atoms. The van der Waals surface area contributed by atoms with E-state index >= 15 is 0 Å². The monoisotopic (exact) mass is 229 g/mol. The van der Waals surface area contributed by atoms with Crippen molar-refractivity contribution >= 4 is 5.97 Å². The largest absolute Gasteiger partial charge is 0.465 e. The molecule has 4 nitrogen and oxygen atoms in total. The normalized spacial score (nSPS) is 29.3. The highest BCUT2D eigenvalue weighted by Gasteiger charge is 2.46. The zero-order valence-corrected chi connectivity index (χ0v) is 10.5. The van der Waals surface area contributed by atoms with Crippen LogP contribution < -0.4 is 5.32 Å². The fourth-order valence-corrected chi connectivity index (χ4v) is 2.40. The van der Waals surface area contributed by atoms with Gasteiger partial charge in [0, 0.05) is 13.0 Å². The molecule has 94 valence electrons. The average Bonchev–Trinajstić information content (AvgIpc) is 2.64. The first kappa shape index (κ1) is 13.5. The summed E-state index contributed by atoms with van der Waals surface area (Å²) in [5.74, 6) is -0.126. The molecule has 0 bridgehead atoms.